The van der Waals surface area contributed by atoms with Crippen molar-refractivity contribution in [3.8, 4) is 0 Å². The van der Waals surface area contributed by atoms with Crippen molar-refractivity contribution >= 4 is 28.9 Å². The molecule has 0 spiro atoms. The van der Waals surface area contributed by atoms with Crippen LogP contribution in [0.1, 0.15) is 32.6 Å². The highest BCUT2D eigenvalue weighted by Gasteiger charge is 2.14. The lowest BCUT2D eigenvalue weighted by Gasteiger charge is -2.14. The Labute approximate surface area is 107 Å². The van der Waals surface area contributed by atoms with Crippen molar-refractivity contribution in [2.45, 2.75) is 38.6 Å². The van der Waals surface area contributed by atoms with E-state index in [9.17, 15) is 4.79 Å². The molecule has 1 aliphatic rings. The molecule has 92 valence electrons. The minimum atomic E-state index is -0.108. The first-order chi connectivity index (χ1) is 8.15. The summed E-state index contributed by atoms with van der Waals surface area (Å²) in [4.78, 5) is 10.9. The topological polar surface area (TPSA) is 41.1 Å². The van der Waals surface area contributed by atoms with Gasteiger partial charge in [0.2, 0.25) is 5.91 Å². The molecule has 0 aromatic heterocycles. The number of rotatable bonds is 3. The van der Waals surface area contributed by atoms with Gasteiger partial charge in [0.25, 0.3) is 0 Å². The highest BCUT2D eigenvalue weighted by molar-refractivity contribution is 6.34. The molecular formula is C13H17ClN2O. The van der Waals surface area contributed by atoms with Gasteiger partial charge in [-0.3, -0.25) is 4.79 Å². The minimum Gasteiger partial charge on any atom is -0.382 e. The second-order valence-electron chi connectivity index (χ2n) is 4.50. The second-order valence-corrected chi connectivity index (χ2v) is 4.91. The molecule has 0 saturated heterocycles. The fourth-order valence-corrected chi connectivity index (χ4v) is 2.43. The van der Waals surface area contributed by atoms with Crippen LogP contribution in [-0.4, -0.2) is 11.9 Å². The lowest BCUT2D eigenvalue weighted by Crippen LogP contribution is -2.14. The molecule has 0 unspecified atom stereocenters. The van der Waals surface area contributed by atoms with Crippen molar-refractivity contribution < 1.29 is 4.79 Å². The molecular weight excluding hydrogens is 236 g/mol. The van der Waals surface area contributed by atoms with Crippen molar-refractivity contribution in [1.82, 2.24) is 0 Å². The molecule has 0 bridgehead atoms. The summed E-state index contributed by atoms with van der Waals surface area (Å²) in [5.41, 5.74) is 1.69. The van der Waals surface area contributed by atoms with Crippen LogP contribution in [0.25, 0.3) is 0 Å². The van der Waals surface area contributed by atoms with Crippen LogP contribution in [0, 0.1) is 0 Å². The van der Waals surface area contributed by atoms with Crippen LogP contribution in [0.4, 0.5) is 11.4 Å². The van der Waals surface area contributed by atoms with E-state index in [1.807, 2.05) is 18.2 Å². The van der Waals surface area contributed by atoms with E-state index >= 15 is 0 Å². The number of benzene rings is 1. The highest BCUT2D eigenvalue weighted by atomic mass is 35.5. The Bertz CT molecular complexity index is 414. The Morgan fingerprint density at radius 3 is 2.65 bits per heavy atom. The van der Waals surface area contributed by atoms with Gasteiger partial charge in [-0.25, -0.2) is 0 Å². The van der Waals surface area contributed by atoms with E-state index in [1.165, 1.54) is 32.6 Å². The number of carbonyl (C=O) groups is 1. The monoisotopic (exact) mass is 252 g/mol. The first kappa shape index (κ1) is 12.2. The predicted molar refractivity (Wildman–Crippen MR) is 71.6 cm³/mol. The molecule has 1 aromatic carbocycles. The molecule has 0 aliphatic heterocycles. The number of anilines is 2. The van der Waals surface area contributed by atoms with Crippen LogP contribution in [-0.2, 0) is 4.79 Å². The van der Waals surface area contributed by atoms with Gasteiger partial charge < -0.3 is 10.6 Å². The zero-order valence-corrected chi connectivity index (χ0v) is 10.7. The molecule has 0 heterocycles. The molecule has 1 saturated carbocycles. The Morgan fingerprint density at radius 1 is 1.35 bits per heavy atom. The average Bonchev–Trinajstić information content (AvgIpc) is 2.74. The van der Waals surface area contributed by atoms with Crippen molar-refractivity contribution in [3.63, 3.8) is 0 Å². The molecule has 2 N–H and O–H groups in total. The van der Waals surface area contributed by atoms with E-state index in [2.05, 4.69) is 10.6 Å². The first-order valence-electron chi connectivity index (χ1n) is 5.99. The minimum absolute atomic E-state index is 0.108. The maximum atomic E-state index is 10.9. The number of hydrogen-bond acceptors (Lipinski definition) is 2. The van der Waals surface area contributed by atoms with E-state index < -0.39 is 0 Å². The maximum Gasteiger partial charge on any atom is 0.221 e. The average molecular weight is 253 g/mol. The third-order valence-electron chi connectivity index (χ3n) is 3.01. The third kappa shape index (κ3) is 3.37. The number of halogens is 1. The van der Waals surface area contributed by atoms with Crippen molar-refractivity contribution in [3.05, 3.63) is 23.2 Å². The van der Waals surface area contributed by atoms with Gasteiger partial charge in [0.05, 0.1) is 10.7 Å². The molecule has 17 heavy (non-hydrogen) atoms. The summed E-state index contributed by atoms with van der Waals surface area (Å²) in [5, 5.41) is 6.73. The predicted octanol–water partition coefficient (Wildman–Crippen LogP) is 3.65. The molecule has 0 radical (unpaired) electrons. The lowest BCUT2D eigenvalue weighted by atomic mass is 10.2. The fraction of sp³-hybridized carbons (Fsp3) is 0.462. The molecule has 1 aliphatic carbocycles. The summed E-state index contributed by atoms with van der Waals surface area (Å²) in [6.07, 6.45) is 5.06. The summed E-state index contributed by atoms with van der Waals surface area (Å²) in [6, 6.07) is 6.22. The van der Waals surface area contributed by atoms with Gasteiger partial charge in [-0.15, -0.1) is 0 Å². The number of hydrogen-bond donors (Lipinski definition) is 2. The molecule has 1 fully saturated rings. The lowest BCUT2D eigenvalue weighted by molar-refractivity contribution is -0.114. The van der Waals surface area contributed by atoms with Crippen LogP contribution in [0.3, 0.4) is 0 Å². The van der Waals surface area contributed by atoms with Crippen molar-refractivity contribution in [1.29, 1.82) is 0 Å². The van der Waals surface area contributed by atoms with E-state index in [-0.39, 0.29) is 5.91 Å². The van der Waals surface area contributed by atoms with Gasteiger partial charge in [0, 0.05) is 18.7 Å². The Hall–Kier alpha value is -1.22. The van der Waals surface area contributed by atoms with Crippen molar-refractivity contribution in [2.24, 2.45) is 0 Å². The molecule has 0 atom stereocenters. The second kappa shape index (κ2) is 5.41. The van der Waals surface area contributed by atoms with Gasteiger partial charge >= 0.3 is 0 Å². The van der Waals surface area contributed by atoms with Crippen LogP contribution in [0.15, 0.2) is 18.2 Å². The summed E-state index contributed by atoms with van der Waals surface area (Å²) >= 11 is 6.10. The largest absolute Gasteiger partial charge is 0.382 e. The van der Waals surface area contributed by atoms with Gasteiger partial charge in [-0.1, -0.05) is 24.4 Å². The van der Waals surface area contributed by atoms with E-state index in [4.69, 9.17) is 11.6 Å². The first-order valence-corrected chi connectivity index (χ1v) is 6.36. The molecule has 3 nitrogen and oxygen atoms in total. The molecule has 4 heteroatoms. The number of carbonyl (C=O) groups excluding carboxylic acids is 1. The summed E-state index contributed by atoms with van der Waals surface area (Å²) < 4.78 is 0. The van der Waals surface area contributed by atoms with Crippen LogP contribution in [0.5, 0.6) is 0 Å². The Balaban J connectivity index is 2.04. The summed E-state index contributed by atoms with van der Waals surface area (Å²) in [6.45, 7) is 1.47. The van der Waals surface area contributed by atoms with Gasteiger partial charge in [0.15, 0.2) is 0 Å². The third-order valence-corrected chi connectivity index (χ3v) is 3.32. The van der Waals surface area contributed by atoms with Crippen LogP contribution < -0.4 is 10.6 Å². The van der Waals surface area contributed by atoms with Crippen molar-refractivity contribution in [2.75, 3.05) is 10.6 Å². The highest BCUT2D eigenvalue weighted by Crippen LogP contribution is 2.28. The number of amides is 1. The Kier molecular flexibility index (Phi) is 3.89. The number of nitrogens with one attached hydrogen (secondary N) is 2. The summed E-state index contributed by atoms with van der Waals surface area (Å²) in [7, 11) is 0. The Morgan fingerprint density at radius 2 is 2.06 bits per heavy atom. The van der Waals surface area contributed by atoms with Gasteiger partial charge in [-0.05, 0) is 31.0 Å². The standard InChI is InChI=1S/C13H17ClN2O/c1-9(17)15-13-7-6-11(8-12(13)14)16-10-4-2-3-5-10/h6-8,10,16H,2-5H2,1H3,(H,15,17). The van der Waals surface area contributed by atoms with Crippen LogP contribution in [0.2, 0.25) is 5.02 Å². The molecule has 1 amide bonds. The van der Waals surface area contributed by atoms with E-state index in [0.717, 1.165) is 5.69 Å². The SMILES string of the molecule is CC(=O)Nc1ccc(NC2CCCC2)cc1Cl. The summed E-state index contributed by atoms with van der Waals surface area (Å²) in [5.74, 6) is -0.108. The van der Waals surface area contributed by atoms with Crippen LogP contribution >= 0.6 is 11.6 Å². The van der Waals surface area contributed by atoms with Gasteiger partial charge in [0.1, 0.15) is 0 Å². The quantitative estimate of drug-likeness (QED) is 0.862. The maximum absolute atomic E-state index is 10.9. The molecule has 1 aromatic rings. The fourth-order valence-electron chi connectivity index (χ4n) is 2.20. The van der Waals surface area contributed by atoms with Gasteiger partial charge in [-0.2, -0.15) is 0 Å². The normalized spacial score (nSPS) is 15.9. The van der Waals surface area contributed by atoms with E-state index in [0.29, 0.717) is 16.8 Å². The zero-order valence-electron chi connectivity index (χ0n) is 9.92. The molecule has 2 rings (SSSR count). The van der Waals surface area contributed by atoms with E-state index in [1.54, 1.807) is 0 Å². The smallest absolute Gasteiger partial charge is 0.221 e. The zero-order chi connectivity index (χ0) is 12.3.